The number of methoxy groups -OCH3 is 1. The summed E-state index contributed by atoms with van der Waals surface area (Å²) >= 11 is 0. The first-order chi connectivity index (χ1) is 8.04. The fourth-order valence-corrected chi connectivity index (χ4v) is 2.82. The second kappa shape index (κ2) is 4.06. The molecule has 2 aliphatic rings. The lowest BCUT2D eigenvalue weighted by molar-refractivity contribution is -0.124. The van der Waals surface area contributed by atoms with E-state index in [1.165, 1.54) is 0 Å². The van der Waals surface area contributed by atoms with E-state index in [1.807, 2.05) is 26.1 Å². The third-order valence-corrected chi connectivity index (χ3v) is 4.08. The topological polar surface area (TPSA) is 29.5 Å². The molecule has 1 aliphatic heterocycles. The van der Waals surface area contributed by atoms with E-state index in [9.17, 15) is 4.79 Å². The quantitative estimate of drug-likeness (QED) is 0.513. The summed E-state index contributed by atoms with van der Waals surface area (Å²) in [6, 6.07) is 0.163. The van der Waals surface area contributed by atoms with Gasteiger partial charge in [-0.2, -0.15) is 0 Å². The zero-order valence-corrected chi connectivity index (χ0v) is 10.9. The molecule has 0 bridgehead atoms. The predicted molar refractivity (Wildman–Crippen MR) is 67.3 cm³/mol. The van der Waals surface area contributed by atoms with E-state index in [0.717, 1.165) is 17.8 Å². The van der Waals surface area contributed by atoms with Gasteiger partial charge in [0.05, 0.1) is 12.7 Å². The number of hydrogen-bond donors (Lipinski definition) is 0. The number of ether oxygens (including phenoxy) is 1. The molecule has 2 atom stereocenters. The SMILES string of the molecule is CO/C(C)=C1/C(=O)N(C)[C@@H](C)[C@]12C=CC=CC2. The molecule has 1 fully saturated rings. The minimum absolute atomic E-state index is 0.0804. The molecule has 1 aliphatic carbocycles. The van der Waals surface area contributed by atoms with E-state index in [0.29, 0.717) is 0 Å². The highest BCUT2D eigenvalue weighted by Crippen LogP contribution is 2.48. The monoisotopic (exact) mass is 233 g/mol. The third-order valence-electron chi connectivity index (χ3n) is 4.08. The number of carbonyl (C=O) groups excluding carboxylic acids is 1. The second-order valence-corrected chi connectivity index (χ2v) is 4.76. The molecular weight excluding hydrogens is 214 g/mol. The maximum Gasteiger partial charge on any atom is 0.254 e. The van der Waals surface area contributed by atoms with Gasteiger partial charge in [-0.1, -0.05) is 24.3 Å². The Kier molecular flexibility index (Phi) is 2.86. The average Bonchev–Trinajstić information content (AvgIpc) is 2.53. The van der Waals surface area contributed by atoms with E-state index in [2.05, 4.69) is 19.1 Å². The highest BCUT2D eigenvalue weighted by atomic mass is 16.5. The fourth-order valence-electron chi connectivity index (χ4n) is 2.82. The van der Waals surface area contributed by atoms with Crippen LogP contribution in [0.15, 0.2) is 35.6 Å². The van der Waals surface area contributed by atoms with Crippen LogP contribution in [0.5, 0.6) is 0 Å². The zero-order chi connectivity index (χ0) is 12.6. The number of nitrogens with zero attached hydrogens (tertiary/aromatic N) is 1. The molecule has 0 aromatic rings. The smallest absolute Gasteiger partial charge is 0.254 e. The number of likely N-dealkylation sites (tertiary alicyclic amines) is 1. The Hall–Kier alpha value is -1.51. The van der Waals surface area contributed by atoms with Crippen LogP contribution in [0.25, 0.3) is 0 Å². The van der Waals surface area contributed by atoms with Crippen LogP contribution >= 0.6 is 0 Å². The summed E-state index contributed by atoms with van der Waals surface area (Å²) in [4.78, 5) is 14.1. The molecule has 0 radical (unpaired) electrons. The molecule has 1 heterocycles. The number of allylic oxidation sites excluding steroid dienone is 4. The Morgan fingerprint density at radius 3 is 2.76 bits per heavy atom. The second-order valence-electron chi connectivity index (χ2n) is 4.76. The number of hydrogen-bond acceptors (Lipinski definition) is 2. The van der Waals surface area contributed by atoms with Crippen LogP contribution in [0.2, 0.25) is 0 Å². The van der Waals surface area contributed by atoms with Gasteiger partial charge in [-0.3, -0.25) is 4.79 Å². The van der Waals surface area contributed by atoms with Crippen LogP contribution in [0.3, 0.4) is 0 Å². The highest BCUT2D eigenvalue weighted by Gasteiger charge is 2.51. The Bertz CT molecular complexity index is 434. The summed E-state index contributed by atoms with van der Waals surface area (Å²) in [6.07, 6.45) is 9.16. The van der Waals surface area contributed by atoms with Crippen molar-refractivity contribution in [1.29, 1.82) is 0 Å². The molecule has 0 saturated carbocycles. The van der Waals surface area contributed by atoms with E-state index in [-0.39, 0.29) is 17.4 Å². The van der Waals surface area contributed by atoms with Crippen molar-refractivity contribution in [3.63, 3.8) is 0 Å². The van der Waals surface area contributed by atoms with Gasteiger partial charge < -0.3 is 9.64 Å². The summed E-state index contributed by atoms with van der Waals surface area (Å²) in [5.74, 6) is 0.808. The largest absolute Gasteiger partial charge is 0.501 e. The fraction of sp³-hybridized carbons (Fsp3) is 0.500. The molecule has 92 valence electrons. The van der Waals surface area contributed by atoms with E-state index < -0.39 is 0 Å². The van der Waals surface area contributed by atoms with E-state index in [1.54, 1.807) is 12.0 Å². The van der Waals surface area contributed by atoms with E-state index in [4.69, 9.17) is 4.74 Å². The summed E-state index contributed by atoms with van der Waals surface area (Å²) in [6.45, 7) is 3.96. The molecule has 3 heteroatoms. The molecule has 0 N–H and O–H groups in total. The summed E-state index contributed by atoms with van der Waals surface area (Å²) < 4.78 is 5.30. The molecular formula is C14H19NO2. The van der Waals surface area contributed by atoms with Gasteiger partial charge in [-0.25, -0.2) is 0 Å². The zero-order valence-electron chi connectivity index (χ0n) is 10.9. The number of amides is 1. The van der Waals surface area contributed by atoms with Gasteiger partial charge in [0.2, 0.25) is 0 Å². The van der Waals surface area contributed by atoms with Crippen molar-refractivity contribution in [2.75, 3.05) is 14.2 Å². The minimum Gasteiger partial charge on any atom is -0.501 e. The van der Waals surface area contributed by atoms with Gasteiger partial charge in [-0.15, -0.1) is 0 Å². The Labute approximate surface area is 102 Å². The van der Waals surface area contributed by atoms with Crippen molar-refractivity contribution in [2.45, 2.75) is 26.3 Å². The molecule has 2 rings (SSSR count). The van der Waals surface area contributed by atoms with Crippen LogP contribution in [0.1, 0.15) is 20.3 Å². The maximum absolute atomic E-state index is 12.3. The molecule has 1 amide bonds. The summed E-state index contributed by atoms with van der Waals surface area (Å²) in [5, 5.41) is 0. The van der Waals surface area contributed by atoms with Gasteiger partial charge in [0, 0.05) is 18.5 Å². The third kappa shape index (κ3) is 1.53. The average molecular weight is 233 g/mol. The van der Waals surface area contributed by atoms with Crippen molar-refractivity contribution < 1.29 is 9.53 Å². The maximum atomic E-state index is 12.3. The van der Waals surface area contributed by atoms with Crippen molar-refractivity contribution in [2.24, 2.45) is 5.41 Å². The Balaban J connectivity index is 2.59. The van der Waals surface area contributed by atoms with Gasteiger partial charge in [0.15, 0.2) is 0 Å². The summed E-state index contributed by atoms with van der Waals surface area (Å²) in [5.41, 5.74) is 0.580. The van der Waals surface area contributed by atoms with Gasteiger partial charge in [-0.05, 0) is 20.3 Å². The Morgan fingerprint density at radius 1 is 1.53 bits per heavy atom. The molecule has 3 nitrogen and oxygen atoms in total. The van der Waals surface area contributed by atoms with Crippen LogP contribution in [-0.4, -0.2) is 31.0 Å². The molecule has 0 aromatic carbocycles. The minimum atomic E-state index is -0.222. The molecule has 0 unspecified atom stereocenters. The van der Waals surface area contributed by atoms with Crippen LogP contribution in [-0.2, 0) is 9.53 Å². The number of carbonyl (C=O) groups is 1. The molecule has 17 heavy (non-hydrogen) atoms. The molecule has 0 aromatic heterocycles. The number of likely N-dealkylation sites (N-methyl/N-ethyl adjacent to an activating group) is 1. The standard InChI is InChI=1S/C14H19NO2/c1-10(17-4)12-13(16)15(3)11(2)14(12)8-6-5-7-9-14/h5-8,11H,9H2,1-4H3/b12-10-/t11-,14+/m0/s1. The summed E-state index contributed by atoms with van der Waals surface area (Å²) in [7, 11) is 3.48. The van der Waals surface area contributed by atoms with Crippen LogP contribution in [0.4, 0.5) is 0 Å². The van der Waals surface area contributed by atoms with Gasteiger partial charge in [0.25, 0.3) is 5.91 Å². The highest BCUT2D eigenvalue weighted by molar-refractivity contribution is 5.99. The Morgan fingerprint density at radius 2 is 2.24 bits per heavy atom. The van der Waals surface area contributed by atoms with Crippen molar-refractivity contribution in [3.8, 4) is 0 Å². The first kappa shape index (κ1) is 12.0. The first-order valence-corrected chi connectivity index (χ1v) is 5.91. The normalized spacial score (nSPS) is 34.7. The van der Waals surface area contributed by atoms with E-state index >= 15 is 0 Å². The lowest BCUT2D eigenvalue weighted by Crippen LogP contribution is -2.35. The first-order valence-electron chi connectivity index (χ1n) is 5.91. The van der Waals surface area contributed by atoms with Gasteiger partial charge in [0.1, 0.15) is 5.76 Å². The lowest BCUT2D eigenvalue weighted by Gasteiger charge is -2.33. The van der Waals surface area contributed by atoms with Gasteiger partial charge >= 0.3 is 0 Å². The molecule has 1 saturated heterocycles. The lowest BCUT2D eigenvalue weighted by atomic mass is 9.72. The van der Waals surface area contributed by atoms with Crippen LogP contribution < -0.4 is 0 Å². The number of rotatable bonds is 1. The van der Waals surface area contributed by atoms with Crippen LogP contribution in [0, 0.1) is 5.41 Å². The van der Waals surface area contributed by atoms with Crippen molar-refractivity contribution in [3.05, 3.63) is 35.6 Å². The van der Waals surface area contributed by atoms with Crippen molar-refractivity contribution in [1.82, 2.24) is 4.90 Å². The van der Waals surface area contributed by atoms with Crippen molar-refractivity contribution >= 4 is 5.91 Å². The predicted octanol–water partition coefficient (Wildman–Crippen LogP) is 2.27. The molecule has 1 spiro atoms.